The molecule has 0 aromatic carbocycles. The van der Waals surface area contributed by atoms with Crippen molar-refractivity contribution in [2.24, 2.45) is 11.8 Å². The molecule has 1 aliphatic heterocycles. The quantitative estimate of drug-likeness (QED) is 0.779. The molecule has 6 heteroatoms. The van der Waals surface area contributed by atoms with E-state index in [2.05, 4.69) is 6.92 Å². The summed E-state index contributed by atoms with van der Waals surface area (Å²) in [6.45, 7) is 4.30. The third-order valence-electron chi connectivity index (χ3n) is 4.52. The highest BCUT2D eigenvalue weighted by molar-refractivity contribution is 8.00. The number of carbonyl (C=O) groups is 2. The summed E-state index contributed by atoms with van der Waals surface area (Å²) in [5.74, 6) is -0.0331. The lowest BCUT2D eigenvalue weighted by Crippen LogP contribution is -2.37. The van der Waals surface area contributed by atoms with E-state index >= 15 is 0 Å². The van der Waals surface area contributed by atoms with Gasteiger partial charge >= 0.3 is 11.9 Å². The lowest BCUT2D eigenvalue weighted by atomic mass is 9.89. The molecule has 2 bridgehead atoms. The average Bonchev–Trinajstić information content (AvgIpc) is 2.76. The predicted molar refractivity (Wildman–Crippen MR) is 84.5 cm³/mol. The molecule has 1 saturated carbocycles. The molecule has 5 unspecified atom stereocenters. The minimum Gasteiger partial charge on any atom is -0.466 e. The number of hydrogen-bond donors (Lipinski definition) is 1. The fraction of sp³-hybridized carbons (Fsp3) is 0.875. The number of rotatable bonds is 5. The Labute approximate surface area is 136 Å². The van der Waals surface area contributed by atoms with Crippen LogP contribution >= 0.6 is 11.8 Å². The first kappa shape index (κ1) is 17.6. The average molecular weight is 330 g/mol. The van der Waals surface area contributed by atoms with E-state index in [0.29, 0.717) is 24.7 Å². The largest absolute Gasteiger partial charge is 0.466 e. The number of aliphatic hydroxyl groups excluding tert-OH is 1. The molecule has 22 heavy (non-hydrogen) atoms. The van der Waals surface area contributed by atoms with Crippen LogP contribution < -0.4 is 0 Å². The summed E-state index contributed by atoms with van der Waals surface area (Å²) in [5.41, 5.74) is 0. The van der Waals surface area contributed by atoms with Crippen LogP contribution in [-0.4, -0.2) is 46.9 Å². The van der Waals surface area contributed by atoms with Gasteiger partial charge in [-0.1, -0.05) is 13.3 Å². The second-order valence-corrected chi connectivity index (χ2v) is 7.43. The smallest absolute Gasteiger partial charge is 0.313 e. The Bertz CT molecular complexity index is 400. The fourth-order valence-electron chi connectivity index (χ4n) is 3.34. The van der Waals surface area contributed by atoms with Crippen LogP contribution in [0, 0.1) is 11.8 Å². The first-order chi connectivity index (χ1) is 10.5. The third-order valence-corrected chi connectivity index (χ3v) is 6.11. The predicted octanol–water partition coefficient (Wildman–Crippen LogP) is 2.15. The van der Waals surface area contributed by atoms with Crippen LogP contribution in [0.3, 0.4) is 0 Å². The van der Waals surface area contributed by atoms with E-state index in [1.165, 1.54) is 0 Å². The van der Waals surface area contributed by atoms with Crippen molar-refractivity contribution in [2.75, 3.05) is 12.4 Å². The first-order valence-corrected chi connectivity index (χ1v) is 9.25. The van der Waals surface area contributed by atoms with E-state index in [4.69, 9.17) is 9.47 Å². The third kappa shape index (κ3) is 4.16. The van der Waals surface area contributed by atoms with Gasteiger partial charge in [-0.15, -0.1) is 0 Å². The van der Waals surface area contributed by atoms with Crippen molar-refractivity contribution in [3.8, 4) is 0 Å². The number of ether oxygens (including phenoxy) is 2. The van der Waals surface area contributed by atoms with Gasteiger partial charge in [0.2, 0.25) is 0 Å². The van der Waals surface area contributed by atoms with Crippen molar-refractivity contribution >= 4 is 23.7 Å². The fourth-order valence-corrected chi connectivity index (χ4v) is 4.84. The summed E-state index contributed by atoms with van der Waals surface area (Å²) in [7, 11) is 0. The maximum absolute atomic E-state index is 12.2. The van der Waals surface area contributed by atoms with Crippen LogP contribution in [0.25, 0.3) is 0 Å². The van der Waals surface area contributed by atoms with Gasteiger partial charge in [-0.2, -0.15) is 11.8 Å². The van der Waals surface area contributed by atoms with E-state index in [-0.39, 0.29) is 23.3 Å². The number of fused-ring (bicyclic) bond motifs is 2. The monoisotopic (exact) mass is 330 g/mol. The topological polar surface area (TPSA) is 72.8 Å². The van der Waals surface area contributed by atoms with Crippen LogP contribution in [0.15, 0.2) is 0 Å². The Morgan fingerprint density at radius 2 is 2.14 bits per heavy atom. The summed E-state index contributed by atoms with van der Waals surface area (Å²) in [5, 5.41) is 10.4. The van der Waals surface area contributed by atoms with Crippen molar-refractivity contribution in [3.63, 3.8) is 0 Å². The zero-order valence-electron chi connectivity index (χ0n) is 13.3. The summed E-state index contributed by atoms with van der Waals surface area (Å²) in [4.78, 5) is 23.6. The second kappa shape index (κ2) is 8.20. The Hall–Kier alpha value is -0.750. The molecule has 1 saturated heterocycles. The van der Waals surface area contributed by atoms with Gasteiger partial charge in [-0.3, -0.25) is 9.59 Å². The van der Waals surface area contributed by atoms with Crippen molar-refractivity contribution in [1.82, 2.24) is 0 Å². The maximum atomic E-state index is 12.2. The van der Waals surface area contributed by atoms with Crippen molar-refractivity contribution in [2.45, 2.75) is 63.4 Å². The van der Waals surface area contributed by atoms with Gasteiger partial charge in [0, 0.05) is 11.0 Å². The van der Waals surface area contributed by atoms with Crippen LogP contribution in [0.4, 0.5) is 0 Å². The van der Waals surface area contributed by atoms with E-state index in [0.717, 1.165) is 25.7 Å². The summed E-state index contributed by atoms with van der Waals surface area (Å²) in [6.07, 6.45) is 3.12. The zero-order valence-corrected chi connectivity index (χ0v) is 14.1. The van der Waals surface area contributed by atoms with Gasteiger partial charge in [0.1, 0.15) is 12.2 Å². The van der Waals surface area contributed by atoms with Crippen LogP contribution in [0.2, 0.25) is 0 Å². The highest BCUT2D eigenvalue weighted by atomic mass is 32.2. The SMILES string of the molecule is CCOC(=O)CCSC1C(C)CCCCC2OC(=O)C1C2O. The lowest BCUT2D eigenvalue weighted by molar-refractivity contribution is -0.145. The molecule has 0 amide bonds. The molecule has 5 atom stereocenters. The summed E-state index contributed by atoms with van der Waals surface area (Å²) in [6, 6.07) is 0. The van der Waals surface area contributed by atoms with E-state index in [9.17, 15) is 14.7 Å². The Morgan fingerprint density at radius 3 is 2.86 bits per heavy atom. The molecular formula is C16H26O5S. The molecule has 2 fully saturated rings. The number of carbonyl (C=O) groups excluding carboxylic acids is 2. The molecule has 0 radical (unpaired) electrons. The minimum absolute atomic E-state index is 0.0000246. The van der Waals surface area contributed by atoms with E-state index in [1.54, 1.807) is 18.7 Å². The van der Waals surface area contributed by atoms with E-state index < -0.39 is 12.0 Å². The minimum atomic E-state index is -0.715. The van der Waals surface area contributed by atoms with Crippen molar-refractivity contribution < 1.29 is 24.2 Å². The molecule has 5 nitrogen and oxygen atoms in total. The highest BCUT2D eigenvalue weighted by Gasteiger charge is 2.49. The molecule has 0 aromatic rings. The molecular weight excluding hydrogens is 304 g/mol. The Balaban J connectivity index is 2.00. The number of thioether (sulfide) groups is 1. The molecule has 0 spiro atoms. The van der Waals surface area contributed by atoms with Crippen LogP contribution in [-0.2, 0) is 19.1 Å². The number of esters is 2. The van der Waals surface area contributed by atoms with Gasteiger partial charge in [0.15, 0.2) is 0 Å². The zero-order chi connectivity index (χ0) is 16.1. The van der Waals surface area contributed by atoms with Crippen LogP contribution in [0.1, 0.15) is 46.0 Å². The standard InChI is InChI=1S/C16H26O5S/c1-3-20-12(17)8-9-22-15-10(2)6-4-5-7-11-14(18)13(15)16(19)21-11/h10-11,13-15,18H,3-9H2,1-2H3. The van der Waals surface area contributed by atoms with Crippen LogP contribution in [0.5, 0.6) is 0 Å². The molecule has 0 aromatic heterocycles. The summed E-state index contributed by atoms with van der Waals surface area (Å²) < 4.78 is 10.3. The molecule has 1 aliphatic carbocycles. The van der Waals surface area contributed by atoms with Gasteiger partial charge in [-0.05, 0) is 32.1 Å². The number of aliphatic hydroxyl groups is 1. The molecule has 1 heterocycles. The normalized spacial score (nSPS) is 35.2. The Morgan fingerprint density at radius 1 is 1.41 bits per heavy atom. The lowest BCUT2D eigenvalue weighted by Gasteiger charge is -2.28. The second-order valence-electron chi connectivity index (χ2n) is 6.14. The molecule has 2 aliphatic rings. The number of hydrogen-bond acceptors (Lipinski definition) is 6. The van der Waals surface area contributed by atoms with Gasteiger partial charge < -0.3 is 14.6 Å². The van der Waals surface area contributed by atoms with E-state index in [1.807, 2.05) is 0 Å². The highest BCUT2D eigenvalue weighted by Crippen LogP contribution is 2.40. The van der Waals surface area contributed by atoms with Gasteiger partial charge in [0.25, 0.3) is 0 Å². The summed E-state index contributed by atoms with van der Waals surface area (Å²) >= 11 is 1.60. The molecule has 2 rings (SSSR count). The van der Waals surface area contributed by atoms with Gasteiger partial charge in [-0.25, -0.2) is 0 Å². The van der Waals surface area contributed by atoms with Crippen molar-refractivity contribution in [1.29, 1.82) is 0 Å². The van der Waals surface area contributed by atoms with Crippen molar-refractivity contribution in [3.05, 3.63) is 0 Å². The maximum Gasteiger partial charge on any atom is 0.313 e. The first-order valence-electron chi connectivity index (χ1n) is 8.20. The molecule has 1 N–H and O–H groups in total. The Kier molecular flexibility index (Phi) is 6.56. The van der Waals surface area contributed by atoms with Gasteiger partial charge in [0.05, 0.1) is 18.9 Å². The molecule has 126 valence electrons.